The summed E-state index contributed by atoms with van der Waals surface area (Å²) in [6, 6.07) is 16.7. The summed E-state index contributed by atoms with van der Waals surface area (Å²) in [5.41, 5.74) is 3.46. The number of anilines is 1. The highest BCUT2D eigenvalue weighted by molar-refractivity contribution is 5.88. The van der Waals surface area contributed by atoms with Crippen LogP contribution in [0.1, 0.15) is 37.0 Å². The van der Waals surface area contributed by atoms with E-state index in [-0.39, 0.29) is 12.0 Å². The number of nitrogens with zero attached hydrogens (tertiary/aromatic N) is 1. The predicted molar refractivity (Wildman–Crippen MR) is 98.9 cm³/mol. The van der Waals surface area contributed by atoms with Crippen LogP contribution in [0.2, 0.25) is 0 Å². The lowest BCUT2D eigenvalue weighted by atomic mass is 10.1. The number of hydrogen-bond donors (Lipinski definition) is 1. The maximum Gasteiger partial charge on any atom is 0.221 e. The van der Waals surface area contributed by atoms with Crippen molar-refractivity contribution in [2.45, 2.75) is 38.3 Å². The van der Waals surface area contributed by atoms with E-state index in [1.54, 1.807) is 0 Å². The number of carbonyl (C=O) groups is 1. The van der Waals surface area contributed by atoms with Gasteiger partial charge < -0.3 is 10.1 Å². The van der Waals surface area contributed by atoms with Crippen molar-refractivity contribution in [2.75, 3.05) is 18.4 Å². The van der Waals surface area contributed by atoms with Crippen LogP contribution in [0.4, 0.5) is 5.69 Å². The molecular formula is C21H24N2O2. The minimum absolute atomic E-state index is 0.0434. The fourth-order valence-corrected chi connectivity index (χ4v) is 4.07. The molecule has 1 heterocycles. The largest absolute Gasteiger partial charge is 0.484 e. The molecule has 1 fully saturated rings. The van der Waals surface area contributed by atoms with Crippen LogP contribution in [0.15, 0.2) is 48.5 Å². The van der Waals surface area contributed by atoms with Crippen LogP contribution in [-0.2, 0) is 11.2 Å². The second-order valence-electron chi connectivity index (χ2n) is 6.96. The number of likely N-dealkylation sites (tertiary alicyclic amines) is 1. The van der Waals surface area contributed by atoms with E-state index in [9.17, 15) is 4.79 Å². The lowest BCUT2D eigenvalue weighted by Gasteiger charge is -2.30. The summed E-state index contributed by atoms with van der Waals surface area (Å²) in [6.45, 7) is 3.83. The van der Waals surface area contributed by atoms with Crippen molar-refractivity contribution in [3.8, 4) is 5.75 Å². The molecule has 1 amide bonds. The molecule has 4 nitrogen and oxygen atoms in total. The summed E-state index contributed by atoms with van der Waals surface area (Å²) in [7, 11) is 0. The van der Waals surface area contributed by atoms with E-state index in [2.05, 4.69) is 34.5 Å². The zero-order valence-corrected chi connectivity index (χ0v) is 14.6. The summed E-state index contributed by atoms with van der Waals surface area (Å²) >= 11 is 0. The minimum atomic E-state index is -0.0710. The van der Waals surface area contributed by atoms with Crippen molar-refractivity contribution in [2.24, 2.45) is 0 Å². The normalized spacial score (nSPS) is 22.6. The van der Waals surface area contributed by atoms with Gasteiger partial charge in [-0.3, -0.25) is 9.69 Å². The van der Waals surface area contributed by atoms with Gasteiger partial charge in [-0.15, -0.1) is 0 Å². The number of benzene rings is 2. The molecule has 0 bridgehead atoms. The van der Waals surface area contributed by atoms with E-state index in [1.165, 1.54) is 30.9 Å². The van der Waals surface area contributed by atoms with Gasteiger partial charge in [0, 0.05) is 18.7 Å². The zero-order valence-electron chi connectivity index (χ0n) is 14.6. The Morgan fingerprint density at radius 2 is 1.92 bits per heavy atom. The first-order valence-electron chi connectivity index (χ1n) is 9.07. The van der Waals surface area contributed by atoms with E-state index in [0.29, 0.717) is 6.04 Å². The first-order chi connectivity index (χ1) is 12.2. The summed E-state index contributed by atoms with van der Waals surface area (Å²) in [5, 5.41) is 2.83. The number of hydrogen-bond acceptors (Lipinski definition) is 3. The van der Waals surface area contributed by atoms with Gasteiger partial charge in [0.2, 0.25) is 5.91 Å². The van der Waals surface area contributed by atoms with Gasteiger partial charge in [0.15, 0.2) is 0 Å². The summed E-state index contributed by atoms with van der Waals surface area (Å²) < 4.78 is 6.46. The van der Waals surface area contributed by atoms with E-state index in [0.717, 1.165) is 30.9 Å². The Balaban J connectivity index is 1.60. The van der Waals surface area contributed by atoms with Crippen molar-refractivity contribution in [3.05, 3.63) is 59.7 Å². The molecule has 1 N–H and O–H groups in total. The van der Waals surface area contributed by atoms with E-state index in [1.807, 2.05) is 24.3 Å². The monoisotopic (exact) mass is 336 g/mol. The quantitative estimate of drug-likeness (QED) is 0.924. The SMILES string of the molecule is CC(=O)Nc1cccc(OC2c3ccccc3CC2N2CCCC2)c1. The highest BCUT2D eigenvalue weighted by atomic mass is 16.5. The van der Waals surface area contributed by atoms with Crippen LogP contribution in [0.5, 0.6) is 5.75 Å². The average Bonchev–Trinajstić information content (AvgIpc) is 3.23. The molecule has 1 saturated heterocycles. The van der Waals surface area contributed by atoms with Crippen LogP contribution in [0, 0.1) is 0 Å². The van der Waals surface area contributed by atoms with Crippen molar-refractivity contribution < 1.29 is 9.53 Å². The average molecular weight is 336 g/mol. The van der Waals surface area contributed by atoms with Gasteiger partial charge in [-0.1, -0.05) is 30.3 Å². The van der Waals surface area contributed by atoms with Gasteiger partial charge in [0.25, 0.3) is 0 Å². The molecule has 2 atom stereocenters. The number of nitrogens with one attached hydrogen (secondary N) is 1. The topological polar surface area (TPSA) is 41.6 Å². The molecule has 1 aliphatic heterocycles. The lowest BCUT2D eigenvalue weighted by molar-refractivity contribution is -0.114. The highest BCUT2D eigenvalue weighted by Gasteiger charge is 2.38. The molecule has 2 unspecified atom stereocenters. The van der Waals surface area contributed by atoms with Crippen LogP contribution in [-0.4, -0.2) is 29.9 Å². The second kappa shape index (κ2) is 6.89. The molecule has 0 radical (unpaired) electrons. The maximum absolute atomic E-state index is 11.3. The zero-order chi connectivity index (χ0) is 17.2. The van der Waals surface area contributed by atoms with Gasteiger partial charge in [-0.2, -0.15) is 0 Å². The number of fused-ring (bicyclic) bond motifs is 1. The molecule has 4 heteroatoms. The van der Waals surface area contributed by atoms with Crippen LogP contribution in [0.3, 0.4) is 0 Å². The molecule has 1 aliphatic carbocycles. The van der Waals surface area contributed by atoms with Gasteiger partial charge in [0.05, 0.1) is 6.04 Å². The third-order valence-corrected chi connectivity index (χ3v) is 5.17. The third kappa shape index (κ3) is 3.40. The second-order valence-corrected chi connectivity index (χ2v) is 6.96. The fourth-order valence-electron chi connectivity index (χ4n) is 4.07. The molecule has 2 aromatic carbocycles. The molecule has 2 aromatic rings. The predicted octanol–water partition coefficient (Wildman–Crippen LogP) is 3.79. The first-order valence-corrected chi connectivity index (χ1v) is 9.07. The van der Waals surface area contributed by atoms with E-state index >= 15 is 0 Å². The Morgan fingerprint density at radius 1 is 1.12 bits per heavy atom. The summed E-state index contributed by atoms with van der Waals surface area (Å²) in [4.78, 5) is 13.9. The lowest BCUT2D eigenvalue weighted by Crippen LogP contribution is -2.38. The smallest absolute Gasteiger partial charge is 0.221 e. The van der Waals surface area contributed by atoms with E-state index in [4.69, 9.17) is 4.74 Å². The number of ether oxygens (including phenoxy) is 1. The van der Waals surface area contributed by atoms with Crippen molar-refractivity contribution in [1.82, 2.24) is 4.90 Å². The first kappa shape index (κ1) is 16.2. The Kier molecular flexibility index (Phi) is 4.45. The Labute approximate surface area is 148 Å². The van der Waals surface area contributed by atoms with Gasteiger partial charge in [-0.05, 0) is 55.6 Å². The minimum Gasteiger partial charge on any atom is -0.484 e. The summed E-state index contributed by atoms with van der Waals surface area (Å²) in [6.07, 6.45) is 3.64. The highest BCUT2D eigenvalue weighted by Crippen LogP contribution is 2.39. The summed E-state index contributed by atoms with van der Waals surface area (Å²) in [5.74, 6) is 0.732. The number of carbonyl (C=O) groups excluding carboxylic acids is 1. The van der Waals surface area contributed by atoms with Crippen LogP contribution < -0.4 is 10.1 Å². The number of rotatable bonds is 4. The molecule has 2 aliphatic rings. The van der Waals surface area contributed by atoms with E-state index < -0.39 is 0 Å². The van der Waals surface area contributed by atoms with Gasteiger partial charge >= 0.3 is 0 Å². The fraction of sp³-hybridized carbons (Fsp3) is 0.381. The molecule has 0 aromatic heterocycles. The maximum atomic E-state index is 11.3. The van der Waals surface area contributed by atoms with Crippen LogP contribution in [0.25, 0.3) is 0 Å². The Morgan fingerprint density at radius 3 is 2.72 bits per heavy atom. The molecule has 4 rings (SSSR count). The standard InChI is InChI=1S/C21H24N2O2/c1-15(24)22-17-8-6-9-18(14-17)25-21-19-10-3-2-7-16(19)13-20(21)23-11-4-5-12-23/h2-3,6-10,14,20-21H,4-5,11-13H2,1H3,(H,22,24). The van der Waals surface area contributed by atoms with Crippen molar-refractivity contribution in [1.29, 1.82) is 0 Å². The molecular weight excluding hydrogens is 312 g/mol. The third-order valence-electron chi connectivity index (χ3n) is 5.17. The van der Waals surface area contributed by atoms with Crippen molar-refractivity contribution in [3.63, 3.8) is 0 Å². The van der Waals surface area contributed by atoms with Gasteiger partial charge in [0.1, 0.15) is 11.9 Å². The van der Waals surface area contributed by atoms with Crippen LogP contribution >= 0.6 is 0 Å². The van der Waals surface area contributed by atoms with Crippen molar-refractivity contribution >= 4 is 11.6 Å². The van der Waals surface area contributed by atoms with Gasteiger partial charge in [-0.25, -0.2) is 0 Å². The Hall–Kier alpha value is -2.33. The molecule has 0 saturated carbocycles. The molecule has 130 valence electrons. The Bertz CT molecular complexity index is 768. The molecule has 25 heavy (non-hydrogen) atoms. The number of amides is 1. The molecule has 0 spiro atoms.